The van der Waals surface area contributed by atoms with Gasteiger partial charge in [-0.25, -0.2) is 4.98 Å². The molecule has 0 aliphatic heterocycles. The van der Waals surface area contributed by atoms with Crippen molar-refractivity contribution in [2.24, 2.45) is 5.73 Å². The summed E-state index contributed by atoms with van der Waals surface area (Å²) in [6, 6.07) is 1.67. The van der Waals surface area contributed by atoms with Gasteiger partial charge >= 0.3 is 0 Å². The van der Waals surface area contributed by atoms with Gasteiger partial charge in [-0.1, -0.05) is 0 Å². The van der Waals surface area contributed by atoms with Gasteiger partial charge < -0.3 is 10.5 Å². The molecule has 0 aromatic carbocycles. The van der Waals surface area contributed by atoms with Crippen molar-refractivity contribution in [1.82, 2.24) is 9.97 Å². The summed E-state index contributed by atoms with van der Waals surface area (Å²) in [4.78, 5) is 20.3. The Bertz CT molecular complexity index is 554. The van der Waals surface area contributed by atoms with Gasteiger partial charge in [0.05, 0.1) is 12.8 Å². The molecular weight excluding hydrogens is 250 g/mol. The Morgan fingerprint density at radius 1 is 1.50 bits per heavy atom. The highest BCUT2D eigenvalue weighted by atomic mass is 32.1. The summed E-state index contributed by atoms with van der Waals surface area (Å²) in [7, 11) is 0. The zero-order valence-corrected chi connectivity index (χ0v) is 10.7. The lowest BCUT2D eigenvalue weighted by Gasteiger charge is -2.03. The molecule has 18 heavy (non-hydrogen) atoms. The Labute approximate surface area is 109 Å². The van der Waals surface area contributed by atoms with E-state index in [4.69, 9.17) is 10.5 Å². The summed E-state index contributed by atoms with van der Waals surface area (Å²) < 4.78 is 5.31. The fourth-order valence-electron chi connectivity index (χ4n) is 1.45. The van der Waals surface area contributed by atoms with Gasteiger partial charge in [0, 0.05) is 23.7 Å². The van der Waals surface area contributed by atoms with Crippen molar-refractivity contribution in [2.45, 2.75) is 13.5 Å². The molecule has 2 aromatic heterocycles. The van der Waals surface area contributed by atoms with Crippen LogP contribution < -0.4 is 10.5 Å². The van der Waals surface area contributed by atoms with Gasteiger partial charge in [0.25, 0.3) is 0 Å². The van der Waals surface area contributed by atoms with Gasteiger partial charge in [-0.3, -0.25) is 9.78 Å². The molecule has 0 amide bonds. The van der Waals surface area contributed by atoms with E-state index in [2.05, 4.69) is 9.97 Å². The molecule has 0 fully saturated rings. The highest BCUT2D eigenvalue weighted by Gasteiger charge is 2.14. The third-order valence-corrected chi connectivity index (χ3v) is 3.12. The number of ketones is 1. The molecular formula is C12H13N3O2S. The van der Waals surface area contributed by atoms with Gasteiger partial charge in [-0.05, 0) is 13.0 Å². The molecule has 0 aliphatic carbocycles. The average molecular weight is 263 g/mol. The highest BCUT2D eigenvalue weighted by Crippen LogP contribution is 2.16. The van der Waals surface area contributed by atoms with Crippen LogP contribution in [0.4, 0.5) is 0 Å². The molecule has 0 bridgehead atoms. The van der Waals surface area contributed by atoms with E-state index < -0.39 is 0 Å². The first-order chi connectivity index (χ1) is 8.74. The van der Waals surface area contributed by atoms with E-state index in [1.54, 1.807) is 17.6 Å². The zero-order chi connectivity index (χ0) is 13.0. The van der Waals surface area contributed by atoms with E-state index in [-0.39, 0.29) is 5.78 Å². The van der Waals surface area contributed by atoms with Crippen LogP contribution >= 0.6 is 11.3 Å². The first-order valence-electron chi connectivity index (χ1n) is 5.51. The summed E-state index contributed by atoms with van der Waals surface area (Å²) in [6.07, 6.45) is 3.08. The zero-order valence-electron chi connectivity index (χ0n) is 9.92. The van der Waals surface area contributed by atoms with Crippen LogP contribution in [0, 0.1) is 0 Å². The molecule has 0 spiro atoms. The predicted molar refractivity (Wildman–Crippen MR) is 68.8 cm³/mol. The van der Waals surface area contributed by atoms with Crippen molar-refractivity contribution in [2.75, 3.05) is 6.61 Å². The molecule has 2 aromatic rings. The van der Waals surface area contributed by atoms with Crippen LogP contribution in [-0.2, 0) is 6.54 Å². The Balaban J connectivity index is 2.25. The molecule has 0 radical (unpaired) electrons. The van der Waals surface area contributed by atoms with Crippen LogP contribution in [0.1, 0.15) is 28.0 Å². The molecule has 94 valence electrons. The second-order valence-corrected chi connectivity index (χ2v) is 4.44. The van der Waals surface area contributed by atoms with E-state index >= 15 is 0 Å². The number of pyridine rings is 1. The molecule has 2 heterocycles. The number of aromatic nitrogens is 2. The summed E-state index contributed by atoms with van der Waals surface area (Å²) in [5, 5.41) is 2.45. The minimum absolute atomic E-state index is 0.167. The molecule has 0 saturated heterocycles. The minimum Gasteiger partial charge on any atom is -0.492 e. The number of carbonyl (C=O) groups excluding carboxylic acids is 1. The Morgan fingerprint density at radius 2 is 2.33 bits per heavy atom. The van der Waals surface area contributed by atoms with E-state index in [9.17, 15) is 4.79 Å². The van der Waals surface area contributed by atoms with Crippen molar-refractivity contribution in [3.05, 3.63) is 40.1 Å². The number of rotatable bonds is 5. The standard InChI is InChI=1S/C12H13N3O2S/c1-2-17-9-3-8(5-14-6-9)12(16)10-7-18-11(4-13)15-10/h3,5-7H,2,4,13H2,1H3. The second kappa shape index (κ2) is 5.70. The maximum absolute atomic E-state index is 12.1. The van der Waals surface area contributed by atoms with Crippen molar-refractivity contribution in [3.63, 3.8) is 0 Å². The van der Waals surface area contributed by atoms with Crippen molar-refractivity contribution in [3.8, 4) is 5.75 Å². The second-order valence-electron chi connectivity index (χ2n) is 3.50. The molecule has 0 unspecified atom stereocenters. The van der Waals surface area contributed by atoms with Crippen LogP contribution in [-0.4, -0.2) is 22.4 Å². The molecule has 0 atom stereocenters. The van der Waals surface area contributed by atoms with Crippen LogP contribution in [0.3, 0.4) is 0 Å². The van der Waals surface area contributed by atoms with Gasteiger partial charge in [-0.2, -0.15) is 0 Å². The smallest absolute Gasteiger partial charge is 0.213 e. The van der Waals surface area contributed by atoms with Crippen molar-refractivity contribution >= 4 is 17.1 Å². The third kappa shape index (κ3) is 2.72. The highest BCUT2D eigenvalue weighted by molar-refractivity contribution is 7.09. The normalized spacial score (nSPS) is 10.3. The van der Waals surface area contributed by atoms with Gasteiger partial charge in [0.2, 0.25) is 5.78 Å². The number of nitrogens with two attached hydrogens (primary N) is 1. The Hall–Kier alpha value is -1.79. The number of thiazole rings is 1. The summed E-state index contributed by atoms with van der Waals surface area (Å²) in [6.45, 7) is 2.75. The Kier molecular flexibility index (Phi) is 4.01. The Morgan fingerprint density at radius 3 is 3.00 bits per heavy atom. The van der Waals surface area contributed by atoms with Crippen LogP contribution in [0.5, 0.6) is 5.75 Å². The monoisotopic (exact) mass is 263 g/mol. The topological polar surface area (TPSA) is 78.1 Å². The van der Waals surface area contributed by atoms with Gasteiger partial charge in [0.15, 0.2) is 0 Å². The van der Waals surface area contributed by atoms with E-state index in [1.807, 2.05) is 6.92 Å². The van der Waals surface area contributed by atoms with Crippen molar-refractivity contribution in [1.29, 1.82) is 0 Å². The molecule has 6 heteroatoms. The lowest BCUT2D eigenvalue weighted by Crippen LogP contribution is -2.04. The predicted octanol–water partition coefficient (Wildman–Crippen LogP) is 1.63. The van der Waals surface area contributed by atoms with E-state index in [0.29, 0.717) is 30.2 Å². The number of nitrogens with zero attached hydrogens (tertiary/aromatic N) is 2. The summed E-state index contributed by atoms with van der Waals surface area (Å²) in [5.41, 5.74) is 6.34. The summed E-state index contributed by atoms with van der Waals surface area (Å²) >= 11 is 1.38. The number of ether oxygens (including phenoxy) is 1. The molecule has 5 nitrogen and oxygen atoms in total. The first kappa shape index (κ1) is 12.7. The average Bonchev–Trinajstić information content (AvgIpc) is 2.87. The molecule has 2 rings (SSSR count). The van der Waals surface area contributed by atoms with Crippen molar-refractivity contribution < 1.29 is 9.53 Å². The molecule has 0 aliphatic rings. The largest absolute Gasteiger partial charge is 0.492 e. The maximum Gasteiger partial charge on any atom is 0.213 e. The van der Waals surface area contributed by atoms with Gasteiger partial charge in [-0.15, -0.1) is 11.3 Å². The molecule has 2 N–H and O–H groups in total. The minimum atomic E-state index is -0.167. The van der Waals surface area contributed by atoms with E-state index in [1.165, 1.54) is 17.5 Å². The third-order valence-electron chi connectivity index (χ3n) is 2.25. The van der Waals surface area contributed by atoms with Crippen LogP contribution in [0.2, 0.25) is 0 Å². The van der Waals surface area contributed by atoms with E-state index in [0.717, 1.165) is 5.01 Å². The maximum atomic E-state index is 12.1. The fraction of sp³-hybridized carbons (Fsp3) is 0.250. The number of hydrogen-bond acceptors (Lipinski definition) is 6. The lowest BCUT2D eigenvalue weighted by molar-refractivity contribution is 0.103. The lowest BCUT2D eigenvalue weighted by atomic mass is 10.1. The molecule has 0 saturated carbocycles. The summed E-state index contributed by atoms with van der Waals surface area (Å²) in [5.74, 6) is 0.414. The fourth-order valence-corrected chi connectivity index (χ4v) is 2.10. The van der Waals surface area contributed by atoms with Crippen LogP contribution in [0.15, 0.2) is 23.8 Å². The number of carbonyl (C=O) groups is 1. The van der Waals surface area contributed by atoms with Crippen LogP contribution in [0.25, 0.3) is 0 Å². The SMILES string of the molecule is CCOc1cncc(C(=O)c2csc(CN)n2)c1. The quantitative estimate of drug-likeness (QED) is 0.829. The van der Waals surface area contributed by atoms with Gasteiger partial charge in [0.1, 0.15) is 16.5 Å². The first-order valence-corrected chi connectivity index (χ1v) is 6.39. The number of hydrogen-bond donors (Lipinski definition) is 1.